The first-order valence-corrected chi connectivity index (χ1v) is 13.9. The van der Waals surface area contributed by atoms with Gasteiger partial charge in [-0.05, 0) is 44.5 Å². The van der Waals surface area contributed by atoms with Crippen LogP contribution in [0.25, 0.3) is 86.7 Å². The first-order valence-electron chi connectivity index (χ1n) is 13.0. The Balaban J connectivity index is 1.44. The van der Waals surface area contributed by atoms with Gasteiger partial charge in [-0.15, -0.1) is 11.3 Å². The van der Waals surface area contributed by atoms with E-state index in [1.807, 2.05) is 47.7 Å². The highest BCUT2D eigenvalue weighted by Crippen LogP contribution is 2.50. The molecule has 0 spiro atoms. The summed E-state index contributed by atoms with van der Waals surface area (Å²) in [7, 11) is 0. The molecule has 0 unspecified atom stereocenters. The standard InChI is InChI=1S/C35H19N3S/c1-3-9-21(10-4-1)33-36-34(22-11-5-2-6-12-22)38-35(37-33)26-19-23-18-17-20-13-7-14-24-25-15-8-16-27-30(25)31(32(26)39-27)29(23)28(20)24/h1-19H. The second-order valence-electron chi connectivity index (χ2n) is 10.0. The van der Waals surface area contributed by atoms with Gasteiger partial charge < -0.3 is 0 Å². The van der Waals surface area contributed by atoms with Crippen molar-refractivity contribution in [2.24, 2.45) is 0 Å². The summed E-state index contributed by atoms with van der Waals surface area (Å²) in [5, 5.41) is 10.5. The van der Waals surface area contributed by atoms with E-state index in [-0.39, 0.29) is 0 Å². The Hall–Kier alpha value is -4.93. The molecule has 0 aliphatic rings. The van der Waals surface area contributed by atoms with E-state index in [0.717, 1.165) is 16.7 Å². The van der Waals surface area contributed by atoms with E-state index in [9.17, 15) is 0 Å². The molecule has 0 radical (unpaired) electrons. The van der Waals surface area contributed by atoms with Crippen molar-refractivity contribution in [3.8, 4) is 34.2 Å². The van der Waals surface area contributed by atoms with Gasteiger partial charge >= 0.3 is 0 Å². The molecule has 0 N–H and O–H groups in total. The zero-order chi connectivity index (χ0) is 25.5. The fraction of sp³-hybridized carbons (Fsp3) is 0. The maximum absolute atomic E-state index is 5.09. The average Bonchev–Trinajstić information content (AvgIpc) is 3.41. The molecule has 0 fully saturated rings. The number of aromatic nitrogens is 3. The van der Waals surface area contributed by atoms with Crippen LogP contribution in [0.1, 0.15) is 0 Å². The third-order valence-corrected chi connectivity index (χ3v) is 9.01. The lowest BCUT2D eigenvalue weighted by Gasteiger charge is -2.15. The first-order chi connectivity index (χ1) is 19.3. The van der Waals surface area contributed by atoms with Crippen LogP contribution in [-0.2, 0) is 0 Å². The molecule has 39 heavy (non-hydrogen) atoms. The molecule has 2 heterocycles. The van der Waals surface area contributed by atoms with Gasteiger partial charge in [0.15, 0.2) is 17.5 Å². The van der Waals surface area contributed by atoms with E-state index in [1.54, 1.807) is 0 Å². The quantitative estimate of drug-likeness (QED) is 0.174. The zero-order valence-electron chi connectivity index (χ0n) is 20.7. The van der Waals surface area contributed by atoms with Crippen LogP contribution in [-0.4, -0.2) is 15.0 Å². The molecule has 180 valence electrons. The van der Waals surface area contributed by atoms with Crippen molar-refractivity contribution in [2.75, 3.05) is 0 Å². The summed E-state index contributed by atoms with van der Waals surface area (Å²) in [6.45, 7) is 0. The highest BCUT2D eigenvalue weighted by molar-refractivity contribution is 7.26. The molecule has 3 nitrogen and oxygen atoms in total. The summed E-state index contributed by atoms with van der Waals surface area (Å²) in [6, 6.07) is 40.5. The molecule has 0 amide bonds. The van der Waals surface area contributed by atoms with Crippen molar-refractivity contribution >= 4 is 63.8 Å². The summed E-state index contributed by atoms with van der Waals surface area (Å²) in [4.78, 5) is 15.1. The molecule has 0 aliphatic carbocycles. The lowest BCUT2D eigenvalue weighted by molar-refractivity contribution is 1.08. The summed E-state index contributed by atoms with van der Waals surface area (Å²) in [5.74, 6) is 2.07. The summed E-state index contributed by atoms with van der Waals surface area (Å²) in [6.07, 6.45) is 0. The number of nitrogens with zero attached hydrogens (tertiary/aromatic N) is 3. The predicted molar refractivity (Wildman–Crippen MR) is 164 cm³/mol. The van der Waals surface area contributed by atoms with Gasteiger partial charge in [-0.1, -0.05) is 103 Å². The normalized spacial score (nSPS) is 12.1. The maximum Gasteiger partial charge on any atom is 0.165 e. The summed E-state index contributed by atoms with van der Waals surface area (Å²) in [5.41, 5.74) is 3.01. The number of thiophene rings is 1. The summed E-state index contributed by atoms with van der Waals surface area (Å²) < 4.78 is 2.53. The largest absolute Gasteiger partial charge is 0.208 e. The number of rotatable bonds is 3. The van der Waals surface area contributed by atoms with E-state index >= 15 is 0 Å². The molecule has 4 heteroatoms. The highest BCUT2D eigenvalue weighted by Gasteiger charge is 2.23. The molecule has 0 aliphatic heterocycles. The van der Waals surface area contributed by atoms with Crippen LogP contribution in [0.4, 0.5) is 0 Å². The Labute approximate surface area is 227 Å². The van der Waals surface area contributed by atoms with Crippen molar-refractivity contribution in [3.05, 3.63) is 115 Å². The van der Waals surface area contributed by atoms with Crippen LogP contribution in [0.3, 0.4) is 0 Å². The van der Waals surface area contributed by atoms with E-state index in [1.165, 1.54) is 52.5 Å². The van der Waals surface area contributed by atoms with Gasteiger partial charge in [0.2, 0.25) is 0 Å². The van der Waals surface area contributed by atoms with Crippen LogP contribution < -0.4 is 0 Å². The van der Waals surface area contributed by atoms with E-state index < -0.39 is 0 Å². The van der Waals surface area contributed by atoms with Gasteiger partial charge in [0.25, 0.3) is 0 Å². The van der Waals surface area contributed by atoms with Crippen LogP contribution in [0.2, 0.25) is 0 Å². The van der Waals surface area contributed by atoms with Crippen LogP contribution in [0, 0.1) is 0 Å². The Morgan fingerprint density at radius 3 is 1.77 bits per heavy atom. The predicted octanol–water partition coefficient (Wildman–Crippen LogP) is 9.58. The molecule has 0 saturated heterocycles. The SMILES string of the molecule is c1ccc(-c2nc(-c3ccccc3)nc(-c3cc4ccc5cccc6c7cccc8sc3c(c87)c4c56)n2)cc1. The fourth-order valence-electron chi connectivity index (χ4n) is 6.13. The minimum absolute atomic E-state index is 0.683. The molecular weight excluding hydrogens is 494 g/mol. The molecule has 0 bridgehead atoms. The molecule has 0 saturated carbocycles. The third kappa shape index (κ3) is 2.95. The Kier molecular flexibility index (Phi) is 4.21. The van der Waals surface area contributed by atoms with Crippen LogP contribution >= 0.6 is 11.3 Å². The second kappa shape index (κ2) is 7.79. The van der Waals surface area contributed by atoms with E-state index in [4.69, 9.17) is 15.0 Å². The average molecular weight is 514 g/mol. The zero-order valence-corrected chi connectivity index (χ0v) is 21.5. The van der Waals surface area contributed by atoms with Crippen molar-refractivity contribution < 1.29 is 0 Å². The minimum Gasteiger partial charge on any atom is -0.208 e. The van der Waals surface area contributed by atoms with Gasteiger partial charge in [0.1, 0.15) is 0 Å². The van der Waals surface area contributed by atoms with Crippen molar-refractivity contribution in [2.45, 2.75) is 0 Å². The Bertz CT molecular complexity index is 2260. The number of hydrogen-bond acceptors (Lipinski definition) is 4. The topological polar surface area (TPSA) is 38.7 Å². The number of fused-ring (bicyclic) bond motifs is 1. The van der Waals surface area contributed by atoms with Crippen LogP contribution in [0.5, 0.6) is 0 Å². The smallest absolute Gasteiger partial charge is 0.165 e. The first kappa shape index (κ1) is 21.1. The third-order valence-electron chi connectivity index (χ3n) is 7.82. The molecule has 7 aromatic carbocycles. The van der Waals surface area contributed by atoms with Crippen LogP contribution in [0.15, 0.2) is 115 Å². The van der Waals surface area contributed by atoms with Gasteiger partial charge in [0, 0.05) is 36.9 Å². The van der Waals surface area contributed by atoms with Gasteiger partial charge in [0.05, 0.1) is 0 Å². The van der Waals surface area contributed by atoms with Crippen molar-refractivity contribution in [1.82, 2.24) is 15.0 Å². The lowest BCUT2D eigenvalue weighted by Crippen LogP contribution is -2.00. The maximum atomic E-state index is 5.09. The van der Waals surface area contributed by atoms with Gasteiger partial charge in [-0.25, -0.2) is 15.0 Å². The second-order valence-corrected chi connectivity index (χ2v) is 11.1. The van der Waals surface area contributed by atoms with E-state index in [2.05, 4.69) is 78.9 Å². The lowest BCUT2D eigenvalue weighted by atomic mass is 9.88. The monoisotopic (exact) mass is 513 g/mol. The van der Waals surface area contributed by atoms with E-state index in [0.29, 0.717) is 17.5 Å². The Morgan fingerprint density at radius 1 is 0.436 bits per heavy atom. The fourth-order valence-corrected chi connectivity index (χ4v) is 7.37. The van der Waals surface area contributed by atoms with Gasteiger partial charge in [-0.3, -0.25) is 0 Å². The number of benzene rings is 7. The minimum atomic E-state index is 0.683. The summed E-state index contributed by atoms with van der Waals surface area (Å²) >= 11 is 1.84. The highest BCUT2D eigenvalue weighted by atomic mass is 32.1. The molecule has 0 atom stereocenters. The van der Waals surface area contributed by atoms with Gasteiger partial charge in [-0.2, -0.15) is 0 Å². The van der Waals surface area contributed by atoms with Crippen molar-refractivity contribution in [1.29, 1.82) is 0 Å². The molecule has 9 aromatic rings. The van der Waals surface area contributed by atoms with Crippen molar-refractivity contribution in [3.63, 3.8) is 0 Å². The molecular formula is C35H19N3S. The Morgan fingerprint density at radius 2 is 1.05 bits per heavy atom. The number of hydrogen-bond donors (Lipinski definition) is 0. The molecule has 9 rings (SSSR count). The molecule has 2 aromatic heterocycles.